The molecule has 6 nitrogen and oxygen atoms in total. The van der Waals surface area contributed by atoms with E-state index >= 15 is 0 Å². The van der Waals surface area contributed by atoms with E-state index in [1.54, 1.807) is 18.2 Å². The van der Waals surface area contributed by atoms with Gasteiger partial charge in [0.2, 0.25) is 5.78 Å². The topological polar surface area (TPSA) is 73.5 Å². The summed E-state index contributed by atoms with van der Waals surface area (Å²) in [7, 11) is 1.50. The number of hydrogen-bond donors (Lipinski definition) is 0. The Hall–Kier alpha value is -2.78. The van der Waals surface area contributed by atoms with E-state index in [1.807, 2.05) is 19.9 Å². The quantitative estimate of drug-likeness (QED) is 0.700. The summed E-state index contributed by atoms with van der Waals surface area (Å²) >= 11 is 0. The summed E-state index contributed by atoms with van der Waals surface area (Å²) < 4.78 is 18.8. The zero-order valence-corrected chi connectivity index (χ0v) is 15.9. The smallest absolute Gasteiger partial charge is 0.202 e. The van der Waals surface area contributed by atoms with Gasteiger partial charge in [-0.1, -0.05) is 0 Å². The molecule has 27 heavy (non-hydrogen) atoms. The average Bonchev–Trinajstić information content (AvgIpc) is 3.29. The number of ether oxygens (including phenoxy) is 3. The summed E-state index contributed by atoms with van der Waals surface area (Å²) in [6, 6.07) is 8.83. The van der Waals surface area contributed by atoms with Crippen LogP contribution in [0.4, 0.5) is 0 Å². The number of nitrogens with zero attached hydrogens (tertiary/aromatic N) is 2. The molecule has 3 rings (SSSR count). The van der Waals surface area contributed by atoms with Gasteiger partial charge in [-0.05, 0) is 44.9 Å². The number of benzene rings is 1. The van der Waals surface area contributed by atoms with Crippen molar-refractivity contribution in [3.8, 4) is 17.6 Å². The first kappa shape index (κ1) is 19.0. The third kappa shape index (κ3) is 4.15. The molecule has 1 aliphatic heterocycles. The van der Waals surface area contributed by atoms with Crippen LogP contribution in [0.5, 0.6) is 11.5 Å². The van der Waals surface area contributed by atoms with Crippen molar-refractivity contribution >= 4 is 5.78 Å². The van der Waals surface area contributed by atoms with Crippen LogP contribution in [-0.2, 0) is 11.3 Å². The second kappa shape index (κ2) is 8.28. The second-order valence-corrected chi connectivity index (χ2v) is 6.72. The maximum atomic E-state index is 12.7. The van der Waals surface area contributed by atoms with Crippen molar-refractivity contribution in [1.82, 2.24) is 4.57 Å². The summed E-state index contributed by atoms with van der Waals surface area (Å²) in [5.41, 5.74) is 3.12. The van der Waals surface area contributed by atoms with Gasteiger partial charge in [-0.2, -0.15) is 5.26 Å². The Morgan fingerprint density at radius 1 is 1.33 bits per heavy atom. The largest absolute Gasteiger partial charge is 0.493 e. The first-order valence-corrected chi connectivity index (χ1v) is 9.06. The lowest BCUT2D eigenvalue weighted by molar-refractivity contribution is 0.0912. The molecule has 1 saturated heterocycles. The molecule has 0 unspecified atom stereocenters. The minimum absolute atomic E-state index is 0.0897. The van der Waals surface area contributed by atoms with Crippen LogP contribution < -0.4 is 9.47 Å². The SMILES string of the molecule is COc1cc(C#N)ccc1OCC(=O)c1cc(C)n(C[C@@H]2CCCO2)c1C. The normalized spacial score (nSPS) is 16.1. The highest BCUT2D eigenvalue weighted by atomic mass is 16.5. The number of rotatable bonds is 7. The highest BCUT2D eigenvalue weighted by Crippen LogP contribution is 2.28. The van der Waals surface area contributed by atoms with Gasteiger partial charge in [-0.3, -0.25) is 4.79 Å². The number of hydrogen-bond acceptors (Lipinski definition) is 5. The van der Waals surface area contributed by atoms with Crippen LogP contribution in [0.25, 0.3) is 0 Å². The predicted octanol–water partition coefficient (Wildman–Crippen LogP) is 3.43. The van der Waals surface area contributed by atoms with Crippen molar-refractivity contribution in [1.29, 1.82) is 5.26 Å². The lowest BCUT2D eigenvalue weighted by Gasteiger charge is -2.15. The van der Waals surface area contributed by atoms with E-state index in [9.17, 15) is 4.79 Å². The molecule has 0 saturated carbocycles. The molecule has 1 fully saturated rings. The summed E-state index contributed by atoms with van der Waals surface area (Å²) in [5, 5.41) is 8.96. The third-order valence-electron chi connectivity index (χ3n) is 4.94. The van der Waals surface area contributed by atoms with E-state index in [0.717, 1.165) is 37.4 Å². The maximum Gasteiger partial charge on any atom is 0.202 e. The van der Waals surface area contributed by atoms with Crippen LogP contribution in [0.2, 0.25) is 0 Å². The molecule has 0 amide bonds. The molecule has 0 N–H and O–H groups in total. The van der Waals surface area contributed by atoms with Crippen LogP contribution >= 0.6 is 0 Å². The molecule has 6 heteroatoms. The lowest BCUT2D eigenvalue weighted by Crippen LogP contribution is -2.18. The number of methoxy groups -OCH3 is 1. The Morgan fingerprint density at radius 2 is 2.15 bits per heavy atom. The average molecular weight is 368 g/mol. The highest BCUT2D eigenvalue weighted by molar-refractivity contribution is 5.98. The van der Waals surface area contributed by atoms with Crippen molar-refractivity contribution in [3.63, 3.8) is 0 Å². The van der Waals surface area contributed by atoms with Crippen LogP contribution in [0.3, 0.4) is 0 Å². The highest BCUT2D eigenvalue weighted by Gasteiger charge is 2.21. The van der Waals surface area contributed by atoms with E-state index in [-0.39, 0.29) is 18.5 Å². The molecule has 1 aliphatic rings. The van der Waals surface area contributed by atoms with E-state index in [1.165, 1.54) is 7.11 Å². The molecule has 2 aromatic rings. The minimum Gasteiger partial charge on any atom is -0.493 e. The van der Waals surface area contributed by atoms with Gasteiger partial charge in [0, 0.05) is 36.2 Å². The van der Waals surface area contributed by atoms with Gasteiger partial charge in [0.15, 0.2) is 18.1 Å². The van der Waals surface area contributed by atoms with Crippen molar-refractivity contribution in [2.75, 3.05) is 20.3 Å². The number of nitriles is 1. The van der Waals surface area contributed by atoms with Gasteiger partial charge >= 0.3 is 0 Å². The standard InChI is InChI=1S/C21H24N2O4/c1-14-9-18(15(2)23(14)12-17-5-4-8-26-17)19(24)13-27-20-7-6-16(11-22)10-21(20)25-3/h6-7,9-10,17H,4-5,8,12-13H2,1-3H3/t17-/m0/s1. The Labute approximate surface area is 159 Å². The Balaban J connectivity index is 1.71. The molecule has 142 valence electrons. The number of Topliss-reactive ketones (excluding diaryl/α,β-unsaturated/α-hetero) is 1. The van der Waals surface area contributed by atoms with E-state index < -0.39 is 0 Å². The van der Waals surface area contributed by atoms with Gasteiger partial charge in [-0.25, -0.2) is 0 Å². The fraction of sp³-hybridized carbons (Fsp3) is 0.429. The van der Waals surface area contributed by atoms with Crippen LogP contribution in [0.1, 0.15) is 40.2 Å². The maximum absolute atomic E-state index is 12.7. The summed E-state index contributed by atoms with van der Waals surface area (Å²) in [6.07, 6.45) is 2.37. The first-order valence-electron chi connectivity index (χ1n) is 9.06. The molecule has 0 aliphatic carbocycles. The van der Waals surface area contributed by atoms with E-state index in [0.29, 0.717) is 22.6 Å². The third-order valence-corrected chi connectivity index (χ3v) is 4.94. The van der Waals surface area contributed by atoms with Crippen molar-refractivity contribution in [2.45, 2.75) is 39.3 Å². The summed E-state index contributed by atoms with van der Waals surface area (Å²) in [5.74, 6) is 0.789. The molecule has 1 aromatic carbocycles. The van der Waals surface area contributed by atoms with Crippen molar-refractivity contribution < 1.29 is 19.0 Å². The summed E-state index contributed by atoms with van der Waals surface area (Å²) in [6.45, 7) is 5.46. The molecular formula is C21H24N2O4. The monoisotopic (exact) mass is 368 g/mol. The number of aromatic nitrogens is 1. The number of aryl methyl sites for hydroxylation is 1. The Morgan fingerprint density at radius 3 is 2.81 bits per heavy atom. The molecule has 2 heterocycles. The lowest BCUT2D eigenvalue weighted by atomic mass is 10.1. The van der Waals surface area contributed by atoms with Crippen LogP contribution in [0, 0.1) is 25.2 Å². The minimum atomic E-state index is -0.0908. The van der Waals surface area contributed by atoms with Gasteiger partial charge in [0.25, 0.3) is 0 Å². The molecule has 1 aromatic heterocycles. The Kier molecular flexibility index (Phi) is 5.82. The fourth-order valence-electron chi connectivity index (χ4n) is 3.43. The Bertz CT molecular complexity index is 873. The molecule has 1 atom stereocenters. The zero-order chi connectivity index (χ0) is 19.4. The summed E-state index contributed by atoms with van der Waals surface area (Å²) in [4.78, 5) is 12.7. The zero-order valence-electron chi connectivity index (χ0n) is 15.9. The fourth-order valence-corrected chi connectivity index (χ4v) is 3.43. The molecular weight excluding hydrogens is 344 g/mol. The number of ketones is 1. The van der Waals surface area contributed by atoms with Gasteiger partial charge in [-0.15, -0.1) is 0 Å². The molecule has 0 bridgehead atoms. The van der Waals surface area contributed by atoms with Crippen molar-refractivity contribution in [3.05, 3.63) is 46.8 Å². The van der Waals surface area contributed by atoms with Crippen LogP contribution in [-0.4, -0.2) is 36.8 Å². The van der Waals surface area contributed by atoms with Gasteiger partial charge in [0.05, 0.1) is 24.8 Å². The van der Waals surface area contributed by atoms with E-state index in [4.69, 9.17) is 19.5 Å². The number of carbonyl (C=O) groups excluding carboxylic acids is 1. The second-order valence-electron chi connectivity index (χ2n) is 6.72. The van der Waals surface area contributed by atoms with Crippen LogP contribution in [0.15, 0.2) is 24.3 Å². The number of carbonyl (C=O) groups is 1. The van der Waals surface area contributed by atoms with Crippen molar-refractivity contribution in [2.24, 2.45) is 0 Å². The first-order chi connectivity index (χ1) is 13.0. The molecule has 0 radical (unpaired) electrons. The van der Waals surface area contributed by atoms with E-state index in [2.05, 4.69) is 10.6 Å². The van der Waals surface area contributed by atoms with Gasteiger partial charge in [0.1, 0.15) is 0 Å². The van der Waals surface area contributed by atoms with Gasteiger partial charge < -0.3 is 18.8 Å². The molecule has 0 spiro atoms. The predicted molar refractivity (Wildman–Crippen MR) is 100 cm³/mol.